The molecule has 2 heterocycles. The lowest BCUT2D eigenvalue weighted by atomic mass is 10.1. The maximum absolute atomic E-state index is 12.3. The van der Waals surface area contributed by atoms with E-state index in [4.69, 9.17) is 4.42 Å². The van der Waals surface area contributed by atoms with E-state index in [2.05, 4.69) is 15.3 Å². The molecular weight excluding hydrogens is 334 g/mol. The molecule has 0 spiro atoms. The predicted molar refractivity (Wildman–Crippen MR) is 99.8 cm³/mol. The van der Waals surface area contributed by atoms with Crippen molar-refractivity contribution in [2.45, 2.75) is 12.1 Å². The number of aromatic nitrogens is 2. The van der Waals surface area contributed by atoms with E-state index in [1.165, 1.54) is 11.8 Å². The number of hydrogen-bond acceptors (Lipinski definition) is 5. The molecule has 0 radical (unpaired) electrons. The second-order valence-electron chi connectivity index (χ2n) is 5.62. The van der Waals surface area contributed by atoms with Gasteiger partial charge in [0.15, 0.2) is 11.2 Å². The van der Waals surface area contributed by atoms with Crippen molar-refractivity contribution >= 4 is 45.4 Å². The number of thioether (sulfide) groups is 1. The van der Waals surface area contributed by atoms with E-state index in [0.717, 1.165) is 22.2 Å². The third kappa shape index (κ3) is 3.34. The van der Waals surface area contributed by atoms with Crippen LogP contribution in [-0.2, 0) is 4.79 Å². The molecule has 6 heteroatoms. The molecule has 0 aliphatic carbocycles. The molecule has 1 N–H and O–H groups in total. The largest absolute Gasteiger partial charge is 0.430 e. The first-order valence-corrected chi connectivity index (χ1v) is 8.82. The monoisotopic (exact) mass is 349 g/mol. The Balaban J connectivity index is 1.46. The van der Waals surface area contributed by atoms with Crippen LogP contribution in [0.25, 0.3) is 22.0 Å². The van der Waals surface area contributed by atoms with Gasteiger partial charge < -0.3 is 9.73 Å². The van der Waals surface area contributed by atoms with Crippen molar-refractivity contribution in [3.05, 3.63) is 60.3 Å². The molecule has 2 aromatic carbocycles. The summed E-state index contributed by atoms with van der Waals surface area (Å²) in [5, 5.41) is 5.51. The van der Waals surface area contributed by atoms with Crippen LogP contribution >= 0.6 is 11.8 Å². The highest BCUT2D eigenvalue weighted by atomic mass is 32.2. The zero-order valence-corrected chi connectivity index (χ0v) is 14.3. The van der Waals surface area contributed by atoms with Crippen LogP contribution in [0.4, 0.5) is 5.69 Å². The first kappa shape index (κ1) is 15.7. The highest BCUT2D eigenvalue weighted by Crippen LogP contribution is 2.25. The van der Waals surface area contributed by atoms with Gasteiger partial charge in [-0.05, 0) is 30.5 Å². The molecule has 0 unspecified atom stereocenters. The summed E-state index contributed by atoms with van der Waals surface area (Å²) in [6.45, 7) is 1.90. The van der Waals surface area contributed by atoms with Gasteiger partial charge in [0.05, 0.1) is 5.75 Å². The fraction of sp³-hybridized carbons (Fsp3) is 0.105. The van der Waals surface area contributed by atoms with E-state index in [9.17, 15) is 4.79 Å². The summed E-state index contributed by atoms with van der Waals surface area (Å²) in [6, 6.07) is 17.5. The Kier molecular flexibility index (Phi) is 4.11. The first-order valence-electron chi connectivity index (χ1n) is 7.84. The normalized spacial score (nSPS) is 11.1. The Morgan fingerprint density at radius 2 is 1.92 bits per heavy atom. The number of aryl methyl sites for hydroxylation is 1. The SMILES string of the molecule is Cc1ccc2oc(SCC(=O)Nc3cccc4ccccc34)nc2n1. The maximum atomic E-state index is 12.3. The number of carbonyl (C=O) groups is 1. The van der Waals surface area contributed by atoms with Gasteiger partial charge in [0, 0.05) is 16.8 Å². The molecule has 0 atom stereocenters. The number of carbonyl (C=O) groups excluding carboxylic acids is 1. The summed E-state index contributed by atoms with van der Waals surface area (Å²) in [4.78, 5) is 20.9. The number of oxazole rings is 1. The highest BCUT2D eigenvalue weighted by Gasteiger charge is 2.11. The minimum absolute atomic E-state index is 0.104. The minimum atomic E-state index is -0.104. The Morgan fingerprint density at radius 3 is 2.84 bits per heavy atom. The Hall–Kier alpha value is -2.86. The van der Waals surface area contributed by atoms with Gasteiger partial charge >= 0.3 is 0 Å². The Bertz CT molecular complexity index is 1070. The second-order valence-corrected chi connectivity index (χ2v) is 6.54. The van der Waals surface area contributed by atoms with Crippen LogP contribution in [0.2, 0.25) is 0 Å². The van der Waals surface area contributed by atoms with Crippen molar-refractivity contribution in [3.8, 4) is 0 Å². The topological polar surface area (TPSA) is 68.0 Å². The van der Waals surface area contributed by atoms with Crippen LogP contribution in [0.15, 0.2) is 64.2 Å². The lowest BCUT2D eigenvalue weighted by Gasteiger charge is -2.07. The summed E-state index contributed by atoms with van der Waals surface area (Å²) in [5.74, 6) is 0.113. The fourth-order valence-electron chi connectivity index (χ4n) is 2.60. The third-order valence-electron chi connectivity index (χ3n) is 3.76. The van der Waals surface area contributed by atoms with Gasteiger partial charge in [0.2, 0.25) is 5.91 Å². The van der Waals surface area contributed by atoms with Gasteiger partial charge in [0.1, 0.15) is 0 Å². The molecular formula is C19H15N3O2S. The average Bonchev–Trinajstić information content (AvgIpc) is 3.02. The van der Waals surface area contributed by atoms with Crippen LogP contribution < -0.4 is 5.32 Å². The van der Waals surface area contributed by atoms with Crippen molar-refractivity contribution in [1.82, 2.24) is 9.97 Å². The average molecular weight is 349 g/mol. The zero-order chi connectivity index (χ0) is 17.2. The van der Waals surface area contributed by atoms with Crippen LogP contribution in [-0.4, -0.2) is 21.6 Å². The van der Waals surface area contributed by atoms with Crippen molar-refractivity contribution < 1.29 is 9.21 Å². The van der Waals surface area contributed by atoms with Crippen LogP contribution in [0.3, 0.4) is 0 Å². The summed E-state index contributed by atoms with van der Waals surface area (Å²) < 4.78 is 5.60. The van der Waals surface area contributed by atoms with Crippen LogP contribution in [0.5, 0.6) is 0 Å². The molecule has 0 saturated carbocycles. The van der Waals surface area contributed by atoms with Gasteiger partial charge in [0.25, 0.3) is 5.22 Å². The Labute approximate surface area is 148 Å². The number of benzene rings is 2. The number of nitrogens with one attached hydrogen (secondary N) is 1. The van der Waals surface area contributed by atoms with E-state index in [0.29, 0.717) is 16.5 Å². The first-order chi connectivity index (χ1) is 12.2. The number of pyridine rings is 1. The molecule has 2 aromatic heterocycles. The van der Waals surface area contributed by atoms with E-state index < -0.39 is 0 Å². The van der Waals surface area contributed by atoms with Gasteiger partial charge in [-0.1, -0.05) is 48.2 Å². The molecule has 0 saturated heterocycles. The molecule has 5 nitrogen and oxygen atoms in total. The number of amides is 1. The smallest absolute Gasteiger partial charge is 0.258 e. The van der Waals surface area contributed by atoms with E-state index in [1.54, 1.807) is 0 Å². The van der Waals surface area contributed by atoms with Crippen LogP contribution in [0.1, 0.15) is 5.69 Å². The molecule has 4 aromatic rings. The lowest BCUT2D eigenvalue weighted by molar-refractivity contribution is -0.113. The fourth-order valence-corrected chi connectivity index (χ4v) is 3.23. The molecule has 0 bridgehead atoms. The summed E-state index contributed by atoms with van der Waals surface area (Å²) in [6.07, 6.45) is 0. The van der Waals surface area contributed by atoms with Gasteiger partial charge in [-0.25, -0.2) is 4.98 Å². The van der Waals surface area contributed by atoms with Gasteiger partial charge in [-0.2, -0.15) is 4.98 Å². The summed E-state index contributed by atoms with van der Waals surface area (Å²) >= 11 is 1.25. The lowest BCUT2D eigenvalue weighted by Crippen LogP contribution is -2.14. The van der Waals surface area contributed by atoms with E-state index in [1.807, 2.05) is 61.5 Å². The van der Waals surface area contributed by atoms with Crippen molar-refractivity contribution in [2.75, 3.05) is 11.1 Å². The molecule has 4 rings (SSSR count). The molecule has 1 amide bonds. The van der Waals surface area contributed by atoms with Crippen molar-refractivity contribution in [2.24, 2.45) is 0 Å². The van der Waals surface area contributed by atoms with E-state index >= 15 is 0 Å². The molecule has 0 fully saturated rings. The maximum Gasteiger partial charge on any atom is 0.258 e. The molecule has 25 heavy (non-hydrogen) atoms. The number of fused-ring (bicyclic) bond motifs is 2. The summed E-state index contributed by atoms with van der Waals surface area (Å²) in [5.41, 5.74) is 2.88. The number of hydrogen-bond donors (Lipinski definition) is 1. The van der Waals surface area contributed by atoms with Gasteiger partial charge in [-0.3, -0.25) is 4.79 Å². The second kappa shape index (κ2) is 6.57. The van der Waals surface area contributed by atoms with E-state index in [-0.39, 0.29) is 11.7 Å². The summed E-state index contributed by atoms with van der Waals surface area (Å²) in [7, 11) is 0. The highest BCUT2D eigenvalue weighted by molar-refractivity contribution is 7.99. The van der Waals surface area contributed by atoms with Crippen molar-refractivity contribution in [3.63, 3.8) is 0 Å². The van der Waals surface area contributed by atoms with Crippen molar-refractivity contribution in [1.29, 1.82) is 0 Å². The molecule has 124 valence electrons. The quantitative estimate of drug-likeness (QED) is 0.553. The molecule has 0 aliphatic heterocycles. The third-order valence-corrected chi connectivity index (χ3v) is 4.59. The predicted octanol–water partition coefficient (Wildman–Crippen LogP) is 4.42. The molecule has 0 aliphatic rings. The zero-order valence-electron chi connectivity index (χ0n) is 13.5. The standard InChI is InChI=1S/C19H15N3O2S/c1-12-9-10-16-18(20-12)22-19(24-16)25-11-17(23)21-15-8-4-6-13-5-2-3-7-14(13)15/h2-10H,11H2,1H3,(H,21,23). The Morgan fingerprint density at radius 1 is 1.08 bits per heavy atom. The van der Waals surface area contributed by atoms with Gasteiger partial charge in [-0.15, -0.1) is 0 Å². The number of rotatable bonds is 4. The minimum Gasteiger partial charge on any atom is -0.430 e. The number of nitrogens with zero attached hydrogens (tertiary/aromatic N) is 2. The number of anilines is 1. The van der Waals surface area contributed by atoms with Crippen LogP contribution in [0, 0.1) is 6.92 Å².